The van der Waals surface area contributed by atoms with Crippen molar-refractivity contribution in [3.8, 4) is 23.0 Å². The van der Waals surface area contributed by atoms with Crippen molar-refractivity contribution in [2.24, 2.45) is 0 Å². The fourth-order valence-corrected chi connectivity index (χ4v) is 5.04. The second-order valence-electron chi connectivity index (χ2n) is 9.42. The van der Waals surface area contributed by atoms with Gasteiger partial charge in [0.1, 0.15) is 23.0 Å². The molecular formula is C33H26O6. The Morgan fingerprint density at radius 3 is 2.44 bits per heavy atom. The summed E-state index contributed by atoms with van der Waals surface area (Å²) in [6.07, 6.45) is 2.55. The van der Waals surface area contributed by atoms with Gasteiger partial charge in [0.15, 0.2) is 5.76 Å². The van der Waals surface area contributed by atoms with Gasteiger partial charge in [0.05, 0.1) is 25.7 Å². The van der Waals surface area contributed by atoms with Crippen molar-refractivity contribution < 1.29 is 28.5 Å². The summed E-state index contributed by atoms with van der Waals surface area (Å²) in [5.74, 6) is 1.63. The molecule has 39 heavy (non-hydrogen) atoms. The molecule has 194 valence electrons. The minimum Gasteiger partial charge on any atom is -0.497 e. The molecule has 2 aliphatic rings. The number of esters is 1. The Hall–Kier alpha value is -4.84. The summed E-state index contributed by atoms with van der Waals surface area (Å²) in [5, 5.41) is 0. The van der Waals surface area contributed by atoms with Crippen molar-refractivity contribution >= 4 is 17.8 Å². The summed E-state index contributed by atoms with van der Waals surface area (Å²) >= 11 is 0. The zero-order chi connectivity index (χ0) is 26.8. The lowest BCUT2D eigenvalue weighted by atomic mass is 9.84. The van der Waals surface area contributed by atoms with Gasteiger partial charge in [-0.3, -0.25) is 9.59 Å². The van der Waals surface area contributed by atoms with Crippen LogP contribution in [0, 0.1) is 0 Å². The first-order valence-electron chi connectivity index (χ1n) is 12.8. The van der Waals surface area contributed by atoms with E-state index >= 15 is 0 Å². The molecule has 6 rings (SSSR count). The van der Waals surface area contributed by atoms with Crippen LogP contribution in [0.15, 0.2) is 96.8 Å². The smallest absolute Gasteiger partial charge is 0.312 e. The van der Waals surface area contributed by atoms with Crippen molar-refractivity contribution in [3.05, 3.63) is 125 Å². The molecule has 0 saturated heterocycles. The molecule has 0 bridgehead atoms. The summed E-state index contributed by atoms with van der Waals surface area (Å²) < 4.78 is 23.2. The van der Waals surface area contributed by atoms with Crippen molar-refractivity contribution in [2.45, 2.75) is 18.8 Å². The first-order valence-corrected chi connectivity index (χ1v) is 12.8. The maximum atomic E-state index is 13.2. The monoisotopic (exact) mass is 518 g/mol. The molecule has 6 heteroatoms. The number of carbonyl (C=O) groups excluding carboxylic acids is 2. The number of carbonyl (C=O) groups is 2. The molecule has 6 nitrogen and oxygen atoms in total. The van der Waals surface area contributed by atoms with E-state index in [4.69, 9.17) is 18.9 Å². The number of fused-ring (bicyclic) bond motifs is 3. The number of benzene rings is 4. The van der Waals surface area contributed by atoms with Crippen LogP contribution in [0.3, 0.4) is 0 Å². The van der Waals surface area contributed by atoms with Crippen LogP contribution < -0.4 is 18.9 Å². The molecule has 2 aliphatic heterocycles. The number of ketones is 1. The third-order valence-corrected chi connectivity index (χ3v) is 6.98. The highest BCUT2D eigenvalue weighted by Crippen LogP contribution is 2.50. The largest absolute Gasteiger partial charge is 0.497 e. The molecule has 4 aromatic rings. The Bertz CT molecular complexity index is 1570. The van der Waals surface area contributed by atoms with Gasteiger partial charge in [-0.15, -0.1) is 0 Å². The topological polar surface area (TPSA) is 71.1 Å². The molecule has 0 fully saturated rings. The molecule has 0 aromatic heterocycles. The Balaban J connectivity index is 1.31. The highest BCUT2D eigenvalue weighted by atomic mass is 16.5. The van der Waals surface area contributed by atoms with Gasteiger partial charge in [0, 0.05) is 23.5 Å². The number of ether oxygens (including phenoxy) is 4. The molecule has 0 unspecified atom stereocenters. The number of rotatable bonds is 7. The summed E-state index contributed by atoms with van der Waals surface area (Å²) in [5.41, 5.74) is 3.97. The van der Waals surface area contributed by atoms with Gasteiger partial charge in [-0.05, 0) is 47.5 Å². The standard InChI is InChI=1S/C33H26O6/c1-36-23-13-11-21(12-14-23)17-18-37-27-10-6-5-9-24(27)26-20-30(34)38-28-16-15-25-32(35)29(39-33(25)31(26)28)19-22-7-3-2-4-8-22/h2-16,19,26H,17-18,20H2,1H3/b29-19-/t26-/m0/s1. The van der Waals surface area contributed by atoms with E-state index in [1.165, 1.54) is 0 Å². The highest BCUT2D eigenvalue weighted by molar-refractivity contribution is 6.15. The van der Waals surface area contributed by atoms with E-state index < -0.39 is 5.92 Å². The molecule has 4 aromatic carbocycles. The van der Waals surface area contributed by atoms with Crippen molar-refractivity contribution in [3.63, 3.8) is 0 Å². The number of hydrogen-bond donors (Lipinski definition) is 0. The van der Waals surface area contributed by atoms with E-state index in [2.05, 4.69) is 0 Å². The number of hydrogen-bond acceptors (Lipinski definition) is 6. The zero-order valence-corrected chi connectivity index (χ0v) is 21.4. The average molecular weight is 519 g/mol. The third-order valence-electron chi connectivity index (χ3n) is 6.98. The first-order chi connectivity index (χ1) is 19.1. The maximum Gasteiger partial charge on any atom is 0.312 e. The van der Waals surface area contributed by atoms with E-state index in [1.807, 2.05) is 78.9 Å². The summed E-state index contributed by atoms with van der Waals surface area (Å²) in [6.45, 7) is 0.458. The lowest BCUT2D eigenvalue weighted by Crippen LogP contribution is -2.22. The lowest BCUT2D eigenvalue weighted by molar-refractivity contribution is -0.135. The van der Waals surface area contributed by atoms with Gasteiger partial charge >= 0.3 is 5.97 Å². The molecule has 0 radical (unpaired) electrons. The molecule has 0 N–H and O–H groups in total. The number of para-hydroxylation sites is 1. The summed E-state index contributed by atoms with van der Waals surface area (Å²) in [4.78, 5) is 25.9. The van der Waals surface area contributed by atoms with E-state index in [0.29, 0.717) is 41.4 Å². The molecule has 1 atom stereocenters. The fourth-order valence-electron chi connectivity index (χ4n) is 5.04. The minimum atomic E-state index is -0.391. The molecule has 0 saturated carbocycles. The molecule has 2 heterocycles. The second-order valence-corrected chi connectivity index (χ2v) is 9.42. The van der Waals surface area contributed by atoms with Crippen molar-refractivity contribution in [1.29, 1.82) is 0 Å². The Kier molecular flexibility index (Phi) is 6.59. The van der Waals surface area contributed by atoms with Crippen molar-refractivity contribution in [1.82, 2.24) is 0 Å². The fraction of sp³-hybridized carbons (Fsp3) is 0.152. The maximum absolute atomic E-state index is 13.2. The van der Waals surface area contributed by atoms with Crippen LogP contribution >= 0.6 is 0 Å². The first kappa shape index (κ1) is 24.5. The minimum absolute atomic E-state index is 0.109. The van der Waals surface area contributed by atoms with Crippen LogP contribution in [0.4, 0.5) is 0 Å². The van der Waals surface area contributed by atoms with Gasteiger partial charge in [-0.2, -0.15) is 0 Å². The van der Waals surface area contributed by atoms with Crippen LogP contribution in [-0.2, 0) is 11.2 Å². The van der Waals surface area contributed by atoms with Crippen LogP contribution in [0.5, 0.6) is 23.0 Å². The van der Waals surface area contributed by atoms with Crippen LogP contribution in [-0.4, -0.2) is 25.5 Å². The van der Waals surface area contributed by atoms with Crippen LogP contribution in [0.1, 0.15) is 45.0 Å². The van der Waals surface area contributed by atoms with Gasteiger partial charge in [-0.25, -0.2) is 0 Å². The van der Waals surface area contributed by atoms with E-state index in [9.17, 15) is 9.59 Å². The molecule has 0 spiro atoms. The van der Waals surface area contributed by atoms with E-state index in [1.54, 1.807) is 25.3 Å². The lowest BCUT2D eigenvalue weighted by Gasteiger charge is -2.27. The van der Waals surface area contributed by atoms with E-state index in [0.717, 1.165) is 22.4 Å². The van der Waals surface area contributed by atoms with Crippen LogP contribution in [0.2, 0.25) is 0 Å². The van der Waals surface area contributed by atoms with Gasteiger partial charge in [-0.1, -0.05) is 60.7 Å². The predicted molar refractivity (Wildman–Crippen MR) is 147 cm³/mol. The SMILES string of the molecule is COc1ccc(CCOc2ccccc2[C@@H]2CC(=O)Oc3ccc4c(c32)O/C(=C\c2ccccc2)C4=O)cc1. The van der Waals surface area contributed by atoms with Gasteiger partial charge < -0.3 is 18.9 Å². The van der Waals surface area contributed by atoms with Gasteiger partial charge in [0.2, 0.25) is 5.78 Å². The molecular weight excluding hydrogens is 492 g/mol. The second kappa shape index (κ2) is 10.5. The quantitative estimate of drug-likeness (QED) is 0.161. The summed E-state index contributed by atoms with van der Waals surface area (Å²) in [7, 11) is 1.64. The number of Topliss-reactive ketones (excluding diaryl/α,β-unsaturated/α-hetero) is 1. The highest BCUT2D eigenvalue weighted by Gasteiger charge is 2.39. The van der Waals surface area contributed by atoms with Gasteiger partial charge in [0.25, 0.3) is 0 Å². The zero-order valence-electron chi connectivity index (χ0n) is 21.4. The van der Waals surface area contributed by atoms with E-state index in [-0.39, 0.29) is 23.9 Å². The summed E-state index contributed by atoms with van der Waals surface area (Å²) in [6, 6.07) is 28.4. The number of methoxy groups -OCH3 is 1. The average Bonchev–Trinajstić information content (AvgIpc) is 3.28. The Labute approximate surface area is 226 Å². The Morgan fingerprint density at radius 2 is 1.64 bits per heavy atom. The normalized spacial score (nSPS) is 16.7. The van der Waals surface area contributed by atoms with Crippen molar-refractivity contribution in [2.75, 3.05) is 13.7 Å². The molecule has 0 aliphatic carbocycles. The Morgan fingerprint density at radius 1 is 0.872 bits per heavy atom. The molecule has 0 amide bonds. The van der Waals surface area contributed by atoms with Crippen LogP contribution in [0.25, 0.3) is 6.08 Å². The number of allylic oxidation sites excluding steroid dienone is 1. The third kappa shape index (κ3) is 4.89. The predicted octanol–water partition coefficient (Wildman–Crippen LogP) is 6.37.